The molecule has 2 aromatic heterocycles. The van der Waals surface area contributed by atoms with E-state index in [1.807, 2.05) is 80.9 Å². The molecule has 3 rings (SSSR count). The van der Waals surface area contributed by atoms with Crippen LogP contribution in [0.4, 0.5) is 4.79 Å². The Morgan fingerprint density at radius 3 is 2.56 bits per heavy atom. The van der Waals surface area contributed by atoms with Crippen LogP contribution in [0.2, 0.25) is 0 Å². The SMILES string of the molecule is CCn1nccc1-c1ccc(C(=O)NC(CNC(=O)OC(C)(C)C)Cc2ccccc2)s1. The van der Waals surface area contributed by atoms with Gasteiger partial charge < -0.3 is 15.4 Å². The minimum atomic E-state index is -0.583. The molecule has 3 aromatic rings. The normalized spacial score (nSPS) is 12.2. The van der Waals surface area contributed by atoms with E-state index < -0.39 is 11.7 Å². The summed E-state index contributed by atoms with van der Waals surface area (Å²) < 4.78 is 7.22. The van der Waals surface area contributed by atoms with E-state index in [1.54, 1.807) is 6.20 Å². The Kier molecular flexibility index (Phi) is 7.69. The van der Waals surface area contributed by atoms with Crippen LogP contribution in [-0.4, -0.2) is 40.0 Å². The highest BCUT2D eigenvalue weighted by atomic mass is 32.1. The van der Waals surface area contributed by atoms with Crippen LogP contribution >= 0.6 is 11.3 Å². The molecular weight excluding hydrogens is 424 g/mol. The fraction of sp³-hybridized carbons (Fsp3) is 0.375. The predicted molar refractivity (Wildman–Crippen MR) is 127 cm³/mol. The van der Waals surface area contributed by atoms with Gasteiger partial charge in [0.25, 0.3) is 5.91 Å². The lowest BCUT2D eigenvalue weighted by Crippen LogP contribution is -2.45. The van der Waals surface area contributed by atoms with Gasteiger partial charge in [0.15, 0.2) is 0 Å². The summed E-state index contributed by atoms with van der Waals surface area (Å²) in [5.74, 6) is -0.171. The smallest absolute Gasteiger partial charge is 0.407 e. The first kappa shape index (κ1) is 23.5. The van der Waals surface area contributed by atoms with Crippen LogP contribution in [0, 0.1) is 0 Å². The van der Waals surface area contributed by atoms with Gasteiger partial charge in [0, 0.05) is 19.3 Å². The summed E-state index contributed by atoms with van der Waals surface area (Å²) in [6.07, 6.45) is 1.84. The lowest BCUT2D eigenvalue weighted by Gasteiger charge is -2.22. The molecule has 1 aromatic carbocycles. The molecule has 170 valence electrons. The largest absolute Gasteiger partial charge is 0.444 e. The zero-order valence-electron chi connectivity index (χ0n) is 18.9. The van der Waals surface area contributed by atoms with E-state index in [1.165, 1.54) is 11.3 Å². The number of ether oxygens (including phenoxy) is 1. The molecule has 0 radical (unpaired) electrons. The highest BCUT2D eigenvalue weighted by Crippen LogP contribution is 2.28. The number of thiophene rings is 1. The molecule has 0 aliphatic rings. The summed E-state index contributed by atoms with van der Waals surface area (Å²) >= 11 is 1.42. The molecule has 1 atom stereocenters. The van der Waals surface area contributed by atoms with E-state index in [2.05, 4.69) is 15.7 Å². The average molecular weight is 455 g/mol. The molecule has 2 heterocycles. The number of hydrogen-bond donors (Lipinski definition) is 2. The molecule has 0 bridgehead atoms. The maximum absolute atomic E-state index is 13.0. The van der Waals surface area contributed by atoms with Crippen LogP contribution in [0.1, 0.15) is 42.9 Å². The highest BCUT2D eigenvalue weighted by Gasteiger charge is 2.20. The molecule has 1 unspecified atom stereocenters. The van der Waals surface area contributed by atoms with Gasteiger partial charge in [-0.15, -0.1) is 11.3 Å². The van der Waals surface area contributed by atoms with Crippen molar-refractivity contribution >= 4 is 23.3 Å². The average Bonchev–Trinajstić information content (AvgIpc) is 3.40. The number of hydrogen-bond acceptors (Lipinski definition) is 5. The monoisotopic (exact) mass is 454 g/mol. The van der Waals surface area contributed by atoms with E-state index in [0.717, 1.165) is 22.7 Å². The lowest BCUT2D eigenvalue weighted by atomic mass is 10.1. The fourth-order valence-electron chi connectivity index (χ4n) is 3.24. The van der Waals surface area contributed by atoms with Gasteiger partial charge in [0.2, 0.25) is 0 Å². The van der Waals surface area contributed by atoms with Gasteiger partial charge in [0.1, 0.15) is 5.60 Å². The van der Waals surface area contributed by atoms with E-state index in [9.17, 15) is 9.59 Å². The minimum Gasteiger partial charge on any atom is -0.444 e. The lowest BCUT2D eigenvalue weighted by molar-refractivity contribution is 0.0520. The summed E-state index contributed by atoms with van der Waals surface area (Å²) in [7, 11) is 0. The van der Waals surface area contributed by atoms with Gasteiger partial charge >= 0.3 is 6.09 Å². The molecule has 0 fully saturated rings. The van der Waals surface area contributed by atoms with Crippen molar-refractivity contribution in [3.8, 4) is 10.6 Å². The first-order valence-corrected chi connectivity index (χ1v) is 11.5. The number of nitrogens with zero attached hydrogens (tertiary/aromatic N) is 2. The molecule has 0 spiro atoms. The van der Waals surface area contributed by atoms with E-state index in [-0.39, 0.29) is 18.5 Å². The Morgan fingerprint density at radius 1 is 1.12 bits per heavy atom. The van der Waals surface area contributed by atoms with Crippen molar-refractivity contribution in [1.82, 2.24) is 20.4 Å². The van der Waals surface area contributed by atoms with Crippen LogP contribution in [-0.2, 0) is 17.7 Å². The fourth-order valence-corrected chi connectivity index (χ4v) is 4.18. The van der Waals surface area contributed by atoms with Crippen molar-refractivity contribution in [2.75, 3.05) is 6.54 Å². The third kappa shape index (κ3) is 6.68. The molecule has 0 aliphatic heterocycles. The Balaban J connectivity index is 1.69. The van der Waals surface area contributed by atoms with Crippen molar-refractivity contribution in [2.45, 2.75) is 52.3 Å². The maximum Gasteiger partial charge on any atom is 0.407 e. The van der Waals surface area contributed by atoms with Gasteiger partial charge in [0.05, 0.1) is 21.5 Å². The van der Waals surface area contributed by atoms with Crippen molar-refractivity contribution in [1.29, 1.82) is 0 Å². The second-order valence-corrected chi connectivity index (χ2v) is 9.52. The van der Waals surface area contributed by atoms with Crippen LogP contribution in [0.25, 0.3) is 10.6 Å². The van der Waals surface area contributed by atoms with Crippen LogP contribution < -0.4 is 10.6 Å². The first-order valence-electron chi connectivity index (χ1n) is 10.7. The molecule has 0 aliphatic carbocycles. The standard InChI is InChI=1S/C24H30N4O3S/c1-5-28-19(13-14-26-28)20-11-12-21(32-20)22(29)27-18(15-17-9-7-6-8-10-17)16-25-23(30)31-24(2,3)4/h6-14,18H,5,15-16H2,1-4H3,(H,25,30)(H,27,29). The molecule has 0 saturated carbocycles. The molecular formula is C24H30N4O3S. The number of alkyl carbamates (subject to hydrolysis) is 1. The Hall–Kier alpha value is -3.13. The second kappa shape index (κ2) is 10.5. The molecule has 2 amide bonds. The molecule has 0 saturated heterocycles. The van der Waals surface area contributed by atoms with Gasteiger partial charge in [-0.3, -0.25) is 9.48 Å². The third-order valence-corrected chi connectivity index (χ3v) is 5.76. The summed E-state index contributed by atoms with van der Waals surface area (Å²) in [6, 6.07) is 15.3. The number of amides is 2. The van der Waals surface area contributed by atoms with Crippen LogP contribution in [0.3, 0.4) is 0 Å². The van der Waals surface area contributed by atoms with Crippen molar-refractivity contribution in [3.63, 3.8) is 0 Å². The Labute approximate surface area is 192 Å². The number of nitrogens with one attached hydrogen (secondary N) is 2. The summed E-state index contributed by atoms with van der Waals surface area (Å²) in [4.78, 5) is 26.7. The zero-order valence-corrected chi connectivity index (χ0v) is 19.7. The second-order valence-electron chi connectivity index (χ2n) is 8.44. The number of carbonyl (C=O) groups excluding carboxylic acids is 2. The molecule has 8 heteroatoms. The van der Waals surface area contributed by atoms with Crippen LogP contribution in [0.5, 0.6) is 0 Å². The van der Waals surface area contributed by atoms with Crippen molar-refractivity contribution in [3.05, 3.63) is 65.2 Å². The maximum atomic E-state index is 13.0. The number of benzene rings is 1. The summed E-state index contributed by atoms with van der Waals surface area (Å²) in [5, 5.41) is 10.1. The number of aromatic nitrogens is 2. The Bertz CT molecular complexity index is 1040. The number of aryl methyl sites for hydroxylation is 1. The third-order valence-electron chi connectivity index (χ3n) is 4.65. The van der Waals surface area contributed by atoms with E-state index in [4.69, 9.17) is 4.74 Å². The molecule has 7 nitrogen and oxygen atoms in total. The van der Waals surface area contributed by atoms with Crippen molar-refractivity contribution < 1.29 is 14.3 Å². The predicted octanol–water partition coefficient (Wildman–Crippen LogP) is 4.50. The quantitative estimate of drug-likeness (QED) is 0.525. The highest BCUT2D eigenvalue weighted by molar-refractivity contribution is 7.17. The van der Waals surface area contributed by atoms with Crippen LogP contribution in [0.15, 0.2) is 54.7 Å². The minimum absolute atomic E-state index is 0.171. The molecule has 2 N–H and O–H groups in total. The first-order chi connectivity index (χ1) is 15.2. The molecule has 32 heavy (non-hydrogen) atoms. The van der Waals surface area contributed by atoms with E-state index >= 15 is 0 Å². The summed E-state index contributed by atoms with van der Waals surface area (Å²) in [6.45, 7) is 8.50. The number of rotatable bonds is 8. The topological polar surface area (TPSA) is 85.3 Å². The van der Waals surface area contributed by atoms with Gasteiger partial charge in [-0.25, -0.2) is 4.79 Å². The summed E-state index contributed by atoms with van der Waals surface area (Å²) in [5.41, 5.74) is 1.48. The van der Waals surface area contributed by atoms with E-state index in [0.29, 0.717) is 11.3 Å². The van der Waals surface area contributed by atoms with Gasteiger partial charge in [-0.05, 0) is 57.9 Å². The van der Waals surface area contributed by atoms with Gasteiger partial charge in [-0.2, -0.15) is 5.10 Å². The number of carbonyl (C=O) groups is 2. The van der Waals surface area contributed by atoms with Crippen molar-refractivity contribution in [2.24, 2.45) is 0 Å². The van der Waals surface area contributed by atoms with Gasteiger partial charge in [-0.1, -0.05) is 30.3 Å². The Morgan fingerprint density at radius 2 is 1.88 bits per heavy atom. The zero-order chi connectivity index (χ0) is 23.1.